The summed E-state index contributed by atoms with van der Waals surface area (Å²) in [5.74, 6) is -0.530. The maximum Gasteiger partial charge on any atom is 0.313 e. The van der Waals surface area contributed by atoms with Gasteiger partial charge < -0.3 is 15.6 Å². The Morgan fingerprint density at radius 3 is 2.53 bits per heavy atom. The van der Waals surface area contributed by atoms with Crippen LogP contribution in [0.5, 0.6) is 5.75 Å². The van der Waals surface area contributed by atoms with Gasteiger partial charge in [0.25, 0.3) is 0 Å². The van der Waals surface area contributed by atoms with Gasteiger partial charge in [-0.3, -0.25) is 4.79 Å². The van der Waals surface area contributed by atoms with Gasteiger partial charge in [-0.05, 0) is 41.9 Å². The number of aromatic hydroxyl groups is 1. The molecule has 0 fully saturated rings. The Bertz CT molecular complexity index is 480. The Labute approximate surface area is 131 Å². The molecule has 1 aromatic carbocycles. The third-order valence-electron chi connectivity index (χ3n) is 2.91. The van der Waals surface area contributed by atoms with Crippen LogP contribution >= 0.6 is 39.9 Å². The van der Waals surface area contributed by atoms with E-state index in [1.54, 1.807) is 26.0 Å². The van der Waals surface area contributed by atoms with Crippen molar-refractivity contribution in [3.05, 3.63) is 27.2 Å². The number of carbonyl (C=O) groups excluding carboxylic acids is 1. The molecule has 0 saturated carbocycles. The number of carbonyl (C=O) groups is 1. The van der Waals surface area contributed by atoms with E-state index < -0.39 is 17.4 Å². The molecule has 19 heavy (non-hydrogen) atoms. The summed E-state index contributed by atoms with van der Waals surface area (Å²) in [5, 5.41) is 10.3. The highest BCUT2D eigenvalue weighted by atomic mass is 79.9. The summed E-state index contributed by atoms with van der Waals surface area (Å²) in [6.07, 6.45) is 0. The molecule has 0 unspecified atom stereocenters. The zero-order chi connectivity index (χ0) is 14.1. The van der Waals surface area contributed by atoms with Gasteiger partial charge in [-0.15, -0.1) is 12.4 Å². The third kappa shape index (κ3) is 3.54. The highest BCUT2D eigenvalue weighted by molar-refractivity contribution is 9.10. The highest BCUT2D eigenvalue weighted by Crippen LogP contribution is 2.43. The van der Waals surface area contributed by atoms with Crippen LogP contribution < -0.4 is 5.73 Å². The molecule has 108 valence electrons. The molecule has 0 heterocycles. The number of halogens is 3. The molecule has 0 radical (unpaired) electrons. The van der Waals surface area contributed by atoms with Crippen LogP contribution in [0.1, 0.15) is 25.5 Å². The Kier molecular flexibility index (Phi) is 6.62. The summed E-state index contributed by atoms with van der Waals surface area (Å²) in [4.78, 5) is 11.7. The first-order valence-electron chi connectivity index (χ1n) is 5.24. The van der Waals surface area contributed by atoms with Crippen molar-refractivity contribution in [1.82, 2.24) is 0 Å². The molecule has 0 aliphatic heterocycles. The number of hydrogen-bond acceptors (Lipinski definition) is 4. The van der Waals surface area contributed by atoms with Gasteiger partial charge in [0.05, 0.1) is 23.0 Å². The number of ether oxygens (including phenoxy) is 1. The minimum Gasteiger partial charge on any atom is -0.506 e. The SMILES string of the molecule is COC(=O)C(C)(C)[C@@H](N)c1c(Cl)ccc(Br)c1O.Cl. The van der Waals surface area contributed by atoms with Crippen LogP contribution in [0.4, 0.5) is 0 Å². The van der Waals surface area contributed by atoms with E-state index >= 15 is 0 Å². The van der Waals surface area contributed by atoms with E-state index in [-0.39, 0.29) is 18.2 Å². The number of rotatable bonds is 3. The second-order valence-electron chi connectivity index (χ2n) is 4.48. The average molecular weight is 373 g/mol. The zero-order valence-corrected chi connectivity index (χ0v) is 13.9. The van der Waals surface area contributed by atoms with Crippen molar-refractivity contribution in [2.24, 2.45) is 11.1 Å². The van der Waals surface area contributed by atoms with E-state index in [4.69, 9.17) is 22.1 Å². The van der Waals surface area contributed by atoms with Gasteiger partial charge in [0.15, 0.2) is 0 Å². The number of methoxy groups -OCH3 is 1. The molecule has 0 amide bonds. The van der Waals surface area contributed by atoms with Crippen LogP contribution in [0.3, 0.4) is 0 Å². The molecule has 0 saturated heterocycles. The predicted molar refractivity (Wildman–Crippen MR) is 80.8 cm³/mol. The van der Waals surface area contributed by atoms with Gasteiger partial charge >= 0.3 is 5.97 Å². The van der Waals surface area contributed by atoms with Crippen molar-refractivity contribution in [3.8, 4) is 5.75 Å². The van der Waals surface area contributed by atoms with E-state index in [0.29, 0.717) is 15.1 Å². The van der Waals surface area contributed by atoms with Crippen molar-refractivity contribution >= 4 is 45.9 Å². The van der Waals surface area contributed by atoms with E-state index in [0.717, 1.165) is 0 Å². The van der Waals surface area contributed by atoms with Gasteiger partial charge in [0.1, 0.15) is 5.75 Å². The first-order chi connectivity index (χ1) is 8.23. The second kappa shape index (κ2) is 6.79. The number of nitrogens with two attached hydrogens (primary N) is 1. The summed E-state index contributed by atoms with van der Waals surface area (Å²) in [6.45, 7) is 3.28. The quantitative estimate of drug-likeness (QED) is 0.797. The first kappa shape index (κ1) is 18.5. The van der Waals surface area contributed by atoms with E-state index in [9.17, 15) is 9.90 Å². The number of phenols is 1. The standard InChI is InChI=1S/C12H15BrClNO3.ClH/c1-12(2,11(17)18-3)10(15)8-7(14)5-4-6(13)9(8)16;/h4-5,10,16H,15H2,1-3H3;1H/t10-;/m0./s1. The fraction of sp³-hybridized carbons (Fsp3) is 0.417. The van der Waals surface area contributed by atoms with Gasteiger partial charge in [-0.1, -0.05) is 11.6 Å². The van der Waals surface area contributed by atoms with Crippen molar-refractivity contribution in [3.63, 3.8) is 0 Å². The van der Waals surface area contributed by atoms with E-state index in [2.05, 4.69) is 15.9 Å². The van der Waals surface area contributed by atoms with Crippen molar-refractivity contribution in [1.29, 1.82) is 0 Å². The van der Waals surface area contributed by atoms with Crippen LogP contribution in [0.2, 0.25) is 5.02 Å². The fourth-order valence-electron chi connectivity index (χ4n) is 1.60. The molecule has 0 aliphatic carbocycles. The van der Waals surface area contributed by atoms with Crippen LogP contribution in [0.15, 0.2) is 16.6 Å². The molecule has 1 rings (SSSR count). The number of benzene rings is 1. The maximum absolute atomic E-state index is 11.7. The third-order valence-corrected chi connectivity index (χ3v) is 3.88. The molecule has 0 aromatic heterocycles. The molecule has 1 aromatic rings. The lowest BCUT2D eigenvalue weighted by Crippen LogP contribution is -2.37. The lowest BCUT2D eigenvalue weighted by atomic mass is 9.80. The topological polar surface area (TPSA) is 72.5 Å². The van der Waals surface area contributed by atoms with Crippen molar-refractivity contribution in [2.75, 3.05) is 7.11 Å². The lowest BCUT2D eigenvalue weighted by Gasteiger charge is -2.30. The number of esters is 1. The van der Waals surface area contributed by atoms with Crippen molar-refractivity contribution in [2.45, 2.75) is 19.9 Å². The molecule has 1 atom stereocenters. The molecule has 7 heteroatoms. The smallest absolute Gasteiger partial charge is 0.313 e. The number of hydrogen-bond donors (Lipinski definition) is 2. The summed E-state index contributed by atoms with van der Waals surface area (Å²) in [7, 11) is 1.29. The molecule has 4 nitrogen and oxygen atoms in total. The molecule has 0 bridgehead atoms. The summed E-state index contributed by atoms with van der Waals surface area (Å²) >= 11 is 9.23. The Balaban J connectivity index is 0.00000324. The van der Waals surface area contributed by atoms with Crippen LogP contribution in [0, 0.1) is 5.41 Å². The van der Waals surface area contributed by atoms with Gasteiger partial charge in [0, 0.05) is 10.6 Å². The van der Waals surface area contributed by atoms with Gasteiger partial charge in [-0.2, -0.15) is 0 Å². The summed E-state index contributed by atoms with van der Waals surface area (Å²) < 4.78 is 5.18. The van der Waals surface area contributed by atoms with Crippen LogP contribution in [-0.2, 0) is 9.53 Å². The maximum atomic E-state index is 11.7. The van der Waals surface area contributed by atoms with Crippen molar-refractivity contribution < 1.29 is 14.6 Å². The second-order valence-corrected chi connectivity index (χ2v) is 5.74. The zero-order valence-electron chi connectivity index (χ0n) is 10.7. The minimum absolute atomic E-state index is 0. The van der Waals surface area contributed by atoms with Gasteiger partial charge in [-0.25, -0.2) is 0 Å². The molecular weight excluding hydrogens is 357 g/mol. The van der Waals surface area contributed by atoms with E-state index in [1.165, 1.54) is 7.11 Å². The molecule has 0 aliphatic rings. The van der Waals surface area contributed by atoms with E-state index in [1.807, 2.05) is 0 Å². The monoisotopic (exact) mass is 371 g/mol. The Morgan fingerprint density at radius 2 is 2.05 bits per heavy atom. The first-order valence-corrected chi connectivity index (χ1v) is 6.41. The molecule has 0 spiro atoms. The predicted octanol–water partition coefficient (Wildman–Crippen LogP) is 3.43. The fourth-order valence-corrected chi connectivity index (χ4v) is 2.22. The Hall–Kier alpha value is -0.490. The molecule has 3 N–H and O–H groups in total. The van der Waals surface area contributed by atoms with Crippen LogP contribution in [-0.4, -0.2) is 18.2 Å². The lowest BCUT2D eigenvalue weighted by molar-refractivity contribution is -0.152. The highest BCUT2D eigenvalue weighted by Gasteiger charge is 2.39. The minimum atomic E-state index is -1.00. The summed E-state index contributed by atoms with van der Waals surface area (Å²) in [6, 6.07) is 2.43. The normalized spacial score (nSPS) is 12.5. The average Bonchev–Trinajstić information content (AvgIpc) is 2.33. The largest absolute Gasteiger partial charge is 0.506 e. The summed E-state index contributed by atoms with van der Waals surface area (Å²) in [5.41, 5.74) is 5.37. The van der Waals surface area contributed by atoms with Gasteiger partial charge in [0.2, 0.25) is 0 Å². The Morgan fingerprint density at radius 1 is 1.53 bits per heavy atom. The molecular formula is C12H16BrCl2NO3. The number of phenolic OH excluding ortho intramolecular Hbond substituents is 1. The van der Waals surface area contributed by atoms with Crippen LogP contribution in [0.25, 0.3) is 0 Å².